The summed E-state index contributed by atoms with van der Waals surface area (Å²) in [6.45, 7) is 0.622. The summed E-state index contributed by atoms with van der Waals surface area (Å²) in [5.41, 5.74) is 9.52. The Bertz CT molecular complexity index is 540. The topological polar surface area (TPSA) is 58.4 Å². The Morgan fingerprint density at radius 2 is 2.11 bits per heavy atom. The summed E-state index contributed by atoms with van der Waals surface area (Å²) in [5, 5.41) is 2.70. The standard InChI is InChI=1S/C12H11Cl2N3O/c13-10-4-3-9(6-11(10)14)16-17-5-1-2-8(7-17)12(15)18/h1-4,6-7,16H,5H2,(H2,15,18). The Balaban J connectivity index is 2.12. The van der Waals surface area contributed by atoms with E-state index in [1.807, 2.05) is 6.08 Å². The summed E-state index contributed by atoms with van der Waals surface area (Å²) in [4.78, 5) is 11.1. The molecule has 0 atom stereocenters. The van der Waals surface area contributed by atoms with E-state index in [1.165, 1.54) is 0 Å². The van der Waals surface area contributed by atoms with Gasteiger partial charge in [-0.05, 0) is 18.2 Å². The van der Waals surface area contributed by atoms with Crippen molar-refractivity contribution in [2.24, 2.45) is 5.73 Å². The average Bonchev–Trinajstić information content (AvgIpc) is 2.34. The molecule has 0 radical (unpaired) electrons. The first-order valence-electron chi connectivity index (χ1n) is 5.23. The van der Waals surface area contributed by atoms with Gasteiger partial charge in [-0.2, -0.15) is 0 Å². The van der Waals surface area contributed by atoms with Crippen LogP contribution in [0.5, 0.6) is 0 Å². The predicted molar refractivity (Wildman–Crippen MR) is 73.2 cm³/mol. The quantitative estimate of drug-likeness (QED) is 0.896. The minimum absolute atomic E-state index is 0.439. The molecule has 18 heavy (non-hydrogen) atoms. The molecule has 3 N–H and O–H groups in total. The summed E-state index contributed by atoms with van der Waals surface area (Å²) < 4.78 is 0. The van der Waals surface area contributed by atoms with E-state index >= 15 is 0 Å². The minimum atomic E-state index is -0.466. The van der Waals surface area contributed by atoms with Crippen LogP contribution in [0.15, 0.2) is 42.1 Å². The Kier molecular flexibility index (Phi) is 3.79. The number of halogens is 2. The highest BCUT2D eigenvalue weighted by Crippen LogP contribution is 2.25. The largest absolute Gasteiger partial charge is 0.366 e. The van der Waals surface area contributed by atoms with Gasteiger partial charge in [-0.15, -0.1) is 0 Å². The molecule has 1 aliphatic rings. The van der Waals surface area contributed by atoms with E-state index in [9.17, 15) is 4.79 Å². The molecule has 1 aromatic carbocycles. The number of amides is 1. The second-order valence-corrected chi connectivity index (χ2v) is 4.56. The van der Waals surface area contributed by atoms with Gasteiger partial charge in [0.1, 0.15) is 0 Å². The lowest BCUT2D eigenvalue weighted by Gasteiger charge is -2.24. The molecule has 0 aliphatic carbocycles. The maximum Gasteiger partial charge on any atom is 0.250 e. The van der Waals surface area contributed by atoms with Crippen molar-refractivity contribution < 1.29 is 4.79 Å². The van der Waals surface area contributed by atoms with Crippen molar-refractivity contribution in [3.05, 3.63) is 52.2 Å². The van der Waals surface area contributed by atoms with Gasteiger partial charge >= 0.3 is 0 Å². The zero-order valence-corrected chi connectivity index (χ0v) is 10.9. The van der Waals surface area contributed by atoms with E-state index in [2.05, 4.69) is 5.43 Å². The molecule has 0 spiro atoms. The van der Waals surface area contributed by atoms with E-state index in [0.29, 0.717) is 22.2 Å². The van der Waals surface area contributed by atoms with Gasteiger partial charge in [-0.3, -0.25) is 15.2 Å². The molecule has 1 heterocycles. The maximum absolute atomic E-state index is 11.1. The molecule has 2 rings (SSSR count). The monoisotopic (exact) mass is 283 g/mol. The number of rotatable bonds is 3. The van der Waals surface area contributed by atoms with Crippen molar-refractivity contribution in [1.29, 1.82) is 0 Å². The van der Waals surface area contributed by atoms with Crippen LogP contribution in [0.3, 0.4) is 0 Å². The van der Waals surface area contributed by atoms with Crippen LogP contribution in [0.1, 0.15) is 0 Å². The molecular weight excluding hydrogens is 273 g/mol. The van der Waals surface area contributed by atoms with Crippen LogP contribution in [0.2, 0.25) is 10.0 Å². The van der Waals surface area contributed by atoms with Crippen molar-refractivity contribution >= 4 is 34.8 Å². The van der Waals surface area contributed by atoms with Gasteiger partial charge in [0.2, 0.25) is 5.91 Å². The third kappa shape index (κ3) is 2.97. The Morgan fingerprint density at radius 1 is 1.33 bits per heavy atom. The highest BCUT2D eigenvalue weighted by Gasteiger charge is 2.09. The number of primary amides is 1. The number of hydrogen-bond donors (Lipinski definition) is 2. The van der Waals surface area contributed by atoms with Crippen LogP contribution in [0.4, 0.5) is 5.69 Å². The zero-order chi connectivity index (χ0) is 13.1. The Labute approximate surface area is 115 Å². The molecule has 4 nitrogen and oxygen atoms in total. The number of carbonyl (C=O) groups excluding carboxylic acids is 1. The van der Waals surface area contributed by atoms with E-state index < -0.39 is 5.91 Å². The normalized spacial score (nSPS) is 14.3. The van der Waals surface area contributed by atoms with Gasteiger partial charge in [0, 0.05) is 6.20 Å². The molecule has 1 amide bonds. The molecule has 0 aromatic heterocycles. The third-order valence-electron chi connectivity index (χ3n) is 2.37. The number of nitrogens with zero attached hydrogens (tertiary/aromatic N) is 1. The van der Waals surface area contributed by atoms with Crippen LogP contribution in [0, 0.1) is 0 Å². The number of benzene rings is 1. The van der Waals surface area contributed by atoms with Gasteiger partial charge in [0.15, 0.2) is 0 Å². The number of hydrogen-bond acceptors (Lipinski definition) is 3. The second-order valence-electron chi connectivity index (χ2n) is 3.74. The highest BCUT2D eigenvalue weighted by atomic mass is 35.5. The summed E-state index contributed by atoms with van der Waals surface area (Å²) in [5.74, 6) is -0.466. The number of anilines is 1. The Morgan fingerprint density at radius 3 is 2.78 bits per heavy atom. The summed E-state index contributed by atoms with van der Waals surface area (Å²) in [7, 11) is 0. The van der Waals surface area contributed by atoms with Crippen molar-refractivity contribution in [3.63, 3.8) is 0 Å². The Hall–Kier alpha value is -1.65. The maximum atomic E-state index is 11.1. The van der Waals surface area contributed by atoms with Crippen molar-refractivity contribution in [2.75, 3.05) is 12.0 Å². The van der Waals surface area contributed by atoms with Gasteiger partial charge in [0.25, 0.3) is 0 Å². The average molecular weight is 284 g/mol. The van der Waals surface area contributed by atoms with Crippen LogP contribution in [-0.4, -0.2) is 17.5 Å². The third-order valence-corrected chi connectivity index (χ3v) is 3.11. The molecule has 0 saturated heterocycles. The summed E-state index contributed by atoms with van der Waals surface area (Å²) in [6, 6.07) is 5.20. The van der Waals surface area contributed by atoms with Crippen LogP contribution in [-0.2, 0) is 4.79 Å². The van der Waals surface area contributed by atoms with Crippen LogP contribution in [0.25, 0.3) is 0 Å². The molecule has 0 fully saturated rings. The fourth-order valence-corrected chi connectivity index (χ4v) is 1.81. The summed E-state index contributed by atoms with van der Waals surface area (Å²) in [6.07, 6.45) is 5.17. The van der Waals surface area contributed by atoms with Gasteiger partial charge < -0.3 is 5.73 Å². The molecule has 0 saturated carbocycles. The van der Waals surface area contributed by atoms with Crippen molar-refractivity contribution in [1.82, 2.24) is 5.01 Å². The fraction of sp³-hybridized carbons (Fsp3) is 0.0833. The van der Waals surface area contributed by atoms with Crippen LogP contribution >= 0.6 is 23.2 Å². The number of nitrogens with one attached hydrogen (secondary N) is 1. The first-order chi connectivity index (χ1) is 8.56. The number of carbonyl (C=O) groups is 1. The van der Waals surface area contributed by atoms with Gasteiger partial charge in [0.05, 0.1) is 27.9 Å². The second kappa shape index (κ2) is 5.33. The lowest BCUT2D eigenvalue weighted by molar-refractivity contribution is -0.114. The lowest BCUT2D eigenvalue weighted by atomic mass is 10.2. The molecule has 0 unspecified atom stereocenters. The lowest BCUT2D eigenvalue weighted by Crippen LogP contribution is -2.29. The van der Waals surface area contributed by atoms with Crippen LogP contribution < -0.4 is 11.2 Å². The molecule has 1 aromatic rings. The van der Waals surface area contributed by atoms with Gasteiger partial charge in [-0.1, -0.05) is 35.4 Å². The van der Waals surface area contributed by atoms with Gasteiger partial charge in [-0.25, -0.2) is 0 Å². The first kappa shape index (κ1) is 12.8. The molecular formula is C12H11Cl2N3O. The fourth-order valence-electron chi connectivity index (χ4n) is 1.51. The van der Waals surface area contributed by atoms with E-state index in [1.54, 1.807) is 35.5 Å². The summed E-state index contributed by atoms with van der Waals surface area (Å²) >= 11 is 11.7. The molecule has 0 bridgehead atoms. The predicted octanol–water partition coefficient (Wildman–Crippen LogP) is 2.56. The van der Waals surface area contributed by atoms with Crippen molar-refractivity contribution in [2.45, 2.75) is 0 Å². The SMILES string of the molecule is NC(=O)C1=CN(Nc2ccc(Cl)c(Cl)c2)CC=C1. The minimum Gasteiger partial charge on any atom is -0.366 e. The van der Waals surface area contributed by atoms with E-state index in [-0.39, 0.29) is 0 Å². The number of nitrogens with two attached hydrogens (primary N) is 1. The first-order valence-corrected chi connectivity index (χ1v) is 5.98. The highest BCUT2D eigenvalue weighted by molar-refractivity contribution is 6.42. The zero-order valence-electron chi connectivity index (χ0n) is 9.36. The van der Waals surface area contributed by atoms with Crippen molar-refractivity contribution in [3.8, 4) is 0 Å². The van der Waals surface area contributed by atoms with E-state index in [0.717, 1.165) is 5.69 Å². The molecule has 94 valence electrons. The molecule has 1 aliphatic heterocycles. The number of hydrazine groups is 1. The van der Waals surface area contributed by atoms with E-state index in [4.69, 9.17) is 28.9 Å². The molecule has 6 heteroatoms. The smallest absolute Gasteiger partial charge is 0.250 e.